The molecule has 2 unspecified atom stereocenters. The second-order valence-electron chi connectivity index (χ2n) is 5.98. The van der Waals surface area contributed by atoms with E-state index in [1.54, 1.807) is 6.07 Å². The van der Waals surface area contributed by atoms with Crippen molar-refractivity contribution in [2.45, 2.75) is 39.8 Å². The minimum Gasteiger partial charge on any atom is -0.329 e. The summed E-state index contributed by atoms with van der Waals surface area (Å²) in [5, 5.41) is 0. The molecule has 3 heteroatoms. The molecule has 0 bridgehead atoms. The van der Waals surface area contributed by atoms with Crippen molar-refractivity contribution in [2.24, 2.45) is 11.1 Å². The third kappa shape index (κ3) is 3.30. The van der Waals surface area contributed by atoms with Gasteiger partial charge in [0, 0.05) is 24.2 Å². The van der Waals surface area contributed by atoms with Crippen LogP contribution in [0.4, 0.5) is 4.39 Å². The molecule has 0 aliphatic rings. The minimum absolute atomic E-state index is 0.0129. The highest BCUT2D eigenvalue weighted by Crippen LogP contribution is 2.30. The van der Waals surface area contributed by atoms with E-state index in [0.29, 0.717) is 6.54 Å². The second-order valence-corrected chi connectivity index (χ2v) is 5.98. The van der Waals surface area contributed by atoms with Gasteiger partial charge in [0.15, 0.2) is 0 Å². The van der Waals surface area contributed by atoms with Crippen molar-refractivity contribution in [3.05, 3.63) is 35.6 Å². The Balaban J connectivity index is 2.96. The highest BCUT2D eigenvalue weighted by atomic mass is 19.1. The largest absolute Gasteiger partial charge is 0.329 e. The lowest BCUT2D eigenvalue weighted by atomic mass is 9.84. The number of hydrogen-bond donors (Lipinski definition) is 1. The Morgan fingerprint density at radius 1 is 1.28 bits per heavy atom. The van der Waals surface area contributed by atoms with Crippen molar-refractivity contribution < 1.29 is 4.39 Å². The summed E-state index contributed by atoms with van der Waals surface area (Å²) in [6.07, 6.45) is 0. The molecule has 0 fully saturated rings. The minimum atomic E-state index is -0.151. The van der Waals surface area contributed by atoms with Gasteiger partial charge in [0.1, 0.15) is 5.82 Å². The van der Waals surface area contributed by atoms with Crippen LogP contribution in [-0.2, 0) is 0 Å². The number of hydrogen-bond acceptors (Lipinski definition) is 2. The average Bonchev–Trinajstić information content (AvgIpc) is 2.27. The summed E-state index contributed by atoms with van der Waals surface area (Å²) in [7, 11) is 2.01. The van der Waals surface area contributed by atoms with E-state index < -0.39 is 0 Å². The Kier molecular flexibility index (Phi) is 4.88. The van der Waals surface area contributed by atoms with Crippen molar-refractivity contribution >= 4 is 0 Å². The Hall–Kier alpha value is -0.930. The van der Waals surface area contributed by atoms with Crippen LogP contribution in [0.1, 0.15) is 39.3 Å². The van der Waals surface area contributed by atoms with E-state index in [-0.39, 0.29) is 23.3 Å². The number of likely N-dealkylation sites (N-methyl/N-ethyl adjacent to an activating group) is 1. The van der Waals surface area contributed by atoms with Gasteiger partial charge in [0.25, 0.3) is 0 Å². The van der Waals surface area contributed by atoms with Gasteiger partial charge in [-0.3, -0.25) is 4.90 Å². The lowest BCUT2D eigenvalue weighted by Gasteiger charge is -2.40. The Bertz CT molecular complexity index is 384. The second kappa shape index (κ2) is 5.81. The summed E-state index contributed by atoms with van der Waals surface area (Å²) < 4.78 is 13.8. The van der Waals surface area contributed by atoms with Crippen molar-refractivity contribution in [2.75, 3.05) is 13.6 Å². The highest BCUT2D eigenvalue weighted by Gasteiger charge is 2.30. The first-order chi connectivity index (χ1) is 8.29. The van der Waals surface area contributed by atoms with Crippen LogP contribution in [0.25, 0.3) is 0 Å². The number of nitrogens with zero attached hydrogens (tertiary/aromatic N) is 1. The molecule has 0 aromatic heterocycles. The maximum Gasteiger partial charge on any atom is 0.127 e. The van der Waals surface area contributed by atoms with Crippen LogP contribution in [0.2, 0.25) is 0 Å². The molecule has 2 atom stereocenters. The molecule has 0 saturated carbocycles. The summed E-state index contributed by atoms with van der Waals surface area (Å²) in [5.74, 6) is -0.151. The molecule has 0 aliphatic carbocycles. The molecule has 0 spiro atoms. The van der Waals surface area contributed by atoms with Gasteiger partial charge in [-0.25, -0.2) is 4.39 Å². The monoisotopic (exact) mass is 252 g/mol. The third-order valence-electron chi connectivity index (χ3n) is 3.68. The predicted molar refractivity (Wildman–Crippen MR) is 74.9 cm³/mol. The lowest BCUT2D eigenvalue weighted by molar-refractivity contribution is 0.0951. The van der Waals surface area contributed by atoms with Crippen LogP contribution in [0, 0.1) is 11.2 Å². The van der Waals surface area contributed by atoms with E-state index in [1.165, 1.54) is 6.07 Å². The van der Waals surface area contributed by atoms with Gasteiger partial charge in [-0.2, -0.15) is 0 Å². The molecule has 0 amide bonds. The maximum atomic E-state index is 13.8. The van der Waals surface area contributed by atoms with Crippen molar-refractivity contribution in [3.63, 3.8) is 0 Å². The fraction of sp³-hybridized carbons (Fsp3) is 0.600. The number of rotatable bonds is 4. The molecule has 18 heavy (non-hydrogen) atoms. The third-order valence-corrected chi connectivity index (χ3v) is 3.68. The van der Waals surface area contributed by atoms with Crippen LogP contribution in [0.5, 0.6) is 0 Å². The fourth-order valence-electron chi connectivity index (χ4n) is 2.43. The van der Waals surface area contributed by atoms with Gasteiger partial charge in [-0.05, 0) is 25.5 Å². The summed E-state index contributed by atoms with van der Waals surface area (Å²) in [4.78, 5) is 2.17. The first kappa shape index (κ1) is 15.1. The van der Waals surface area contributed by atoms with Gasteiger partial charge in [-0.15, -0.1) is 0 Å². The molecular weight excluding hydrogens is 227 g/mol. The normalized spacial score (nSPS) is 15.8. The molecule has 0 heterocycles. The topological polar surface area (TPSA) is 29.3 Å². The zero-order chi connectivity index (χ0) is 13.9. The molecule has 2 nitrogen and oxygen atoms in total. The molecule has 102 valence electrons. The fourth-order valence-corrected chi connectivity index (χ4v) is 2.43. The Morgan fingerprint density at radius 2 is 1.83 bits per heavy atom. The molecule has 0 radical (unpaired) electrons. The summed E-state index contributed by atoms with van der Waals surface area (Å²) >= 11 is 0. The summed E-state index contributed by atoms with van der Waals surface area (Å²) in [6, 6.07) is 7.17. The maximum absolute atomic E-state index is 13.8. The van der Waals surface area contributed by atoms with Gasteiger partial charge in [-0.1, -0.05) is 39.0 Å². The van der Waals surface area contributed by atoms with E-state index in [0.717, 1.165) is 5.56 Å². The molecule has 1 aromatic rings. The smallest absolute Gasteiger partial charge is 0.127 e. The van der Waals surface area contributed by atoms with Gasteiger partial charge < -0.3 is 5.73 Å². The van der Waals surface area contributed by atoms with Crippen molar-refractivity contribution in [1.29, 1.82) is 0 Å². The standard InChI is InChI=1S/C15H25FN2/c1-11(12-8-6-7-9-13(12)16)18(5)14(10-17)15(2,3)4/h6-9,11,14H,10,17H2,1-5H3. The van der Waals surface area contributed by atoms with Crippen molar-refractivity contribution in [3.8, 4) is 0 Å². The van der Waals surface area contributed by atoms with Gasteiger partial charge in [0.05, 0.1) is 0 Å². The lowest BCUT2D eigenvalue weighted by Crippen LogP contribution is -2.47. The van der Waals surface area contributed by atoms with E-state index in [9.17, 15) is 4.39 Å². The summed E-state index contributed by atoms with van der Waals surface area (Å²) in [6.45, 7) is 9.07. The average molecular weight is 252 g/mol. The molecular formula is C15H25FN2. The number of halogens is 1. The molecule has 0 saturated heterocycles. The van der Waals surface area contributed by atoms with E-state index in [4.69, 9.17) is 5.73 Å². The van der Waals surface area contributed by atoms with Crippen LogP contribution < -0.4 is 5.73 Å². The first-order valence-electron chi connectivity index (χ1n) is 6.45. The van der Waals surface area contributed by atoms with Crippen molar-refractivity contribution in [1.82, 2.24) is 4.90 Å². The number of benzene rings is 1. The van der Waals surface area contributed by atoms with Gasteiger partial charge >= 0.3 is 0 Å². The van der Waals surface area contributed by atoms with Crippen LogP contribution in [0.3, 0.4) is 0 Å². The summed E-state index contributed by atoms with van der Waals surface area (Å²) in [5.41, 5.74) is 6.68. The van der Waals surface area contributed by atoms with Gasteiger partial charge in [0.2, 0.25) is 0 Å². The van der Waals surface area contributed by atoms with Crippen LogP contribution in [0.15, 0.2) is 24.3 Å². The zero-order valence-electron chi connectivity index (χ0n) is 12.1. The quantitative estimate of drug-likeness (QED) is 0.891. The Labute approximate surface area is 110 Å². The highest BCUT2D eigenvalue weighted by molar-refractivity contribution is 5.21. The van der Waals surface area contributed by atoms with E-state index >= 15 is 0 Å². The SMILES string of the molecule is CC(c1ccccc1F)N(C)C(CN)C(C)(C)C. The van der Waals surface area contributed by atoms with E-state index in [2.05, 4.69) is 25.7 Å². The van der Waals surface area contributed by atoms with Crippen LogP contribution in [-0.4, -0.2) is 24.5 Å². The first-order valence-corrected chi connectivity index (χ1v) is 6.45. The zero-order valence-corrected chi connectivity index (χ0v) is 12.1. The van der Waals surface area contributed by atoms with Crippen LogP contribution >= 0.6 is 0 Å². The Morgan fingerprint density at radius 3 is 2.28 bits per heavy atom. The molecule has 0 aliphatic heterocycles. The molecule has 1 aromatic carbocycles. The molecule has 1 rings (SSSR count). The number of nitrogens with two attached hydrogens (primary N) is 1. The predicted octanol–water partition coefficient (Wildman–Crippen LogP) is 3.19. The van der Waals surface area contributed by atoms with E-state index in [1.807, 2.05) is 26.1 Å². The molecule has 2 N–H and O–H groups in total.